The average molecular weight is 344 g/mol. The molecule has 3 rings (SSSR count). The van der Waals surface area contributed by atoms with Gasteiger partial charge in [0, 0.05) is 0 Å². The second-order valence-electron chi connectivity index (χ2n) is 4.27. The fourth-order valence-electron chi connectivity index (χ4n) is 1.83. The van der Waals surface area contributed by atoms with Crippen molar-refractivity contribution in [3.8, 4) is 10.7 Å². The van der Waals surface area contributed by atoms with E-state index in [1.807, 2.05) is 13.0 Å². The van der Waals surface area contributed by atoms with E-state index < -0.39 is 0 Å². The summed E-state index contributed by atoms with van der Waals surface area (Å²) >= 11 is 8.17. The van der Waals surface area contributed by atoms with Gasteiger partial charge in [-0.2, -0.15) is 0 Å². The summed E-state index contributed by atoms with van der Waals surface area (Å²) in [5.41, 5.74) is 3.66. The van der Waals surface area contributed by atoms with Crippen molar-refractivity contribution < 1.29 is 9.59 Å². The Morgan fingerprint density at radius 3 is 3.14 bits per heavy atom. The fourth-order valence-corrected chi connectivity index (χ4v) is 3.65. The van der Waals surface area contributed by atoms with Crippen molar-refractivity contribution in [1.82, 2.24) is 14.9 Å². The van der Waals surface area contributed by atoms with Crippen LogP contribution in [0.3, 0.4) is 0 Å². The lowest BCUT2D eigenvalue weighted by Crippen LogP contribution is -2.29. The first-order valence-electron chi connectivity index (χ1n) is 5.93. The zero-order valence-corrected chi connectivity index (χ0v) is 13.2. The van der Waals surface area contributed by atoms with Crippen LogP contribution in [0, 0.1) is 6.92 Å². The number of thioether (sulfide) groups is 1. The summed E-state index contributed by atoms with van der Waals surface area (Å²) < 4.78 is 1.57. The molecule has 10 heteroatoms. The Balaban J connectivity index is 1.96. The van der Waals surface area contributed by atoms with Crippen LogP contribution in [0.5, 0.6) is 0 Å². The minimum Gasteiger partial charge on any atom is -0.317 e. The van der Waals surface area contributed by atoms with E-state index in [0.717, 1.165) is 10.4 Å². The standard InChI is InChI=1S/C11H10ClN5O2S2/c1-5-2-8(13-6(18)3-12)21-9(5)10-14-15-11-17(10)16-7(19)4-20-11/h2H,3-4H2,1H3,(H,13,18)(H,16,19). The predicted octanol–water partition coefficient (Wildman–Crippen LogP) is 1.67. The fraction of sp³-hybridized carbons (Fsp3) is 0.273. The molecule has 3 heterocycles. The number of thiophene rings is 1. The molecule has 0 radical (unpaired) electrons. The molecule has 0 aliphatic carbocycles. The first-order chi connectivity index (χ1) is 10.1. The molecule has 2 aromatic rings. The molecule has 0 atom stereocenters. The van der Waals surface area contributed by atoms with Gasteiger partial charge in [-0.15, -0.1) is 33.1 Å². The largest absolute Gasteiger partial charge is 0.317 e. The lowest BCUT2D eigenvalue weighted by Gasteiger charge is -2.14. The van der Waals surface area contributed by atoms with Crippen molar-refractivity contribution in [2.75, 3.05) is 22.4 Å². The van der Waals surface area contributed by atoms with Crippen LogP contribution in [-0.2, 0) is 9.59 Å². The number of fused-ring (bicyclic) bond motifs is 1. The molecule has 2 aromatic heterocycles. The summed E-state index contributed by atoms with van der Waals surface area (Å²) in [7, 11) is 0. The van der Waals surface area contributed by atoms with Crippen molar-refractivity contribution in [1.29, 1.82) is 0 Å². The minimum atomic E-state index is -0.267. The molecule has 0 spiro atoms. The number of aryl methyl sites for hydroxylation is 1. The van der Waals surface area contributed by atoms with E-state index in [-0.39, 0.29) is 17.7 Å². The number of nitrogens with one attached hydrogen (secondary N) is 2. The molecule has 1 aliphatic rings. The van der Waals surface area contributed by atoms with Crippen LogP contribution < -0.4 is 10.7 Å². The third-order valence-electron chi connectivity index (χ3n) is 2.71. The maximum atomic E-state index is 11.5. The zero-order chi connectivity index (χ0) is 15.0. The Kier molecular flexibility index (Phi) is 3.87. The quantitative estimate of drug-likeness (QED) is 0.827. The summed E-state index contributed by atoms with van der Waals surface area (Å²) in [6.07, 6.45) is 0. The normalized spacial score (nSPS) is 13.7. The molecular formula is C11H10ClN5O2S2. The maximum absolute atomic E-state index is 11.5. The van der Waals surface area contributed by atoms with Crippen LogP contribution in [0.1, 0.15) is 5.56 Å². The van der Waals surface area contributed by atoms with E-state index in [0.29, 0.717) is 21.7 Å². The van der Waals surface area contributed by atoms with Crippen molar-refractivity contribution in [2.45, 2.75) is 12.1 Å². The minimum absolute atomic E-state index is 0.0979. The number of hydrogen-bond donors (Lipinski definition) is 2. The molecule has 0 saturated carbocycles. The van der Waals surface area contributed by atoms with E-state index in [1.54, 1.807) is 4.68 Å². The van der Waals surface area contributed by atoms with Gasteiger partial charge in [0.25, 0.3) is 0 Å². The number of carbonyl (C=O) groups is 2. The van der Waals surface area contributed by atoms with Gasteiger partial charge in [-0.3, -0.25) is 15.0 Å². The number of aromatic nitrogens is 3. The van der Waals surface area contributed by atoms with Crippen LogP contribution in [0.25, 0.3) is 10.7 Å². The van der Waals surface area contributed by atoms with Crippen LogP contribution in [0.2, 0.25) is 0 Å². The molecule has 7 nitrogen and oxygen atoms in total. The Labute approximate surface area is 133 Å². The molecule has 2 amide bonds. The molecule has 0 unspecified atom stereocenters. The highest BCUT2D eigenvalue weighted by molar-refractivity contribution is 7.99. The lowest BCUT2D eigenvalue weighted by molar-refractivity contribution is -0.115. The van der Waals surface area contributed by atoms with Crippen molar-refractivity contribution >= 4 is 51.5 Å². The van der Waals surface area contributed by atoms with E-state index in [4.69, 9.17) is 11.6 Å². The molecule has 0 bridgehead atoms. The Morgan fingerprint density at radius 1 is 1.57 bits per heavy atom. The van der Waals surface area contributed by atoms with E-state index in [1.165, 1.54) is 23.1 Å². The van der Waals surface area contributed by atoms with Gasteiger partial charge in [-0.25, -0.2) is 4.68 Å². The number of alkyl halides is 1. The first kappa shape index (κ1) is 14.4. The monoisotopic (exact) mass is 343 g/mol. The Morgan fingerprint density at radius 2 is 2.38 bits per heavy atom. The number of hydrogen-bond acceptors (Lipinski definition) is 6. The summed E-state index contributed by atoms with van der Waals surface area (Å²) in [6.45, 7) is 1.90. The zero-order valence-electron chi connectivity index (χ0n) is 10.8. The highest BCUT2D eigenvalue weighted by Gasteiger charge is 2.24. The van der Waals surface area contributed by atoms with Crippen LogP contribution in [-0.4, -0.2) is 38.3 Å². The van der Waals surface area contributed by atoms with Gasteiger partial charge in [0.1, 0.15) is 5.88 Å². The van der Waals surface area contributed by atoms with E-state index in [2.05, 4.69) is 20.9 Å². The Bertz CT molecular complexity index is 726. The van der Waals surface area contributed by atoms with E-state index in [9.17, 15) is 9.59 Å². The van der Waals surface area contributed by atoms with Crippen LogP contribution in [0.15, 0.2) is 11.2 Å². The van der Waals surface area contributed by atoms with Crippen LogP contribution >= 0.6 is 34.7 Å². The highest BCUT2D eigenvalue weighted by Crippen LogP contribution is 2.36. The highest BCUT2D eigenvalue weighted by atomic mass is 35.5. The molecular weight excluding hydrogens is 334 g/mol. The number of halogens is 1. The molecule has 0 aromatic carbocycles. The summed E-state index contributed by atoms with van der Waals surface area (Å²) in [5, 5.41) is 12.2. The van der Waals surface area contributed by atoms with Gasteiger partial charge in [0.05, 0.1) is 15.6 Å². The second kappa shape index (κ2) is 5.66. The third-order valence-corrected chi connectivity index (χ3v) is 5.03. The molecule has 110 valence electrons. The van der Waals surface area contributed by atoms with E-state index >= 15 is 0 Å². The molecule has 21 heavy (non-hydrogen) atoms. The molecule has 0 fully saturated rings. The predicted molar refractivity (Wildman–Crippen MR) is 82.5 cm³/mol. The lowest BCUT2D eigenvalue weighted by atomic mass is 10.3. The molecule has 2 N–H and O–H groups in total. The maximum Gasteiger partial charge on any atom is 0.249 e. The summed E-state index contributed by atoms with van der Waals surface area (Å²) in [6, 6.07) is 1.84. The van der Waals surface area contributed by atoms with Gasteiger partial charge >= 0.3 is 0 Å². The van der Waals surface area contributed by atoms with Gasteiger partial charge in [-0.1, -0.05) is 11.8 Å². The molecule has 0 saturated heterocycles. The average Bonchev–Trinajstić information content (AvgIpc) is 3.01. The van der Waals surface area contributed by atoms with Crippen LogP contribution in [0.4, 0.5) is 5.00 Å². The van der Waals surface area contributed by atoms with Gasteiger partial charge in [0.15, 0.2) is 5.82 Å². The van der Waals surface area contributed by atoms with Crippen molar-refractivity contribution in [3.63, 3.8) is 0 Å². The third kappa shape index (κ3) is 2.76. The number of rotatable bonds is 3. The number of anilines is 1. The number of nitrogens with zero attached hydrogens (tertiary/aromatic N) is 3. The topological polar surface area (TPSA) is 88.9 Å². The Hall–Kier alpha value is -1.58. The van der Waals surface area contributed by atoms with Gasteiger partial charge in [-0.05, 0) is 18.6 Å². The summed E-state index contributed by atoms with van der Waals surface area (Å²) in [5.74, 6) is 0.423. The smallest absolute Gasteiger partial charge is 0.249 e. The van der Waals surface area contributed by atoms with Crippen molar-refractivity contribution in [2.24, 2.45) is 0 Å². The number of amides is 2. The van der Waals surface area contributed by atoms with Gasteiger partial charge in [0.2, 0.25) is 17.0 Å². The van der Waals surface area contributed by atoms with Gasteiger partial charge < -0.3 is 5.32 Å². The number of carbonyl (C=O) groups excluding carboxylic acids is 2. The first-order valence-corrected chi connectivity index (χ1v) is 8.27. The second-order valence-corrected chi connectivity index (χ2v) is 6.53. The SMILES string of the molecule is Cc1cc(NC(=O)CCl)sc1-c1nnc2n1NC(=O)CS2. The summed E-state index contributed by atoms with van der Waals surface area (Å²) in [4.78, 5) is 23.7. The molecule has 1 aliphatic heterocycles. The van der Waals surface area contributed by atoms with Crippen molar-refractivity contribution in [3.05, 3.63) is 11.6 Å².